The van der Waals surface area contributed by atoms with Crippen LogP contribution in [0.25, 0.3) is 11.0 Å². The molecule has 0 aliphatic heterocycles. The number of aryl methyl sites for hydroxylation is 2. The third-order valence-electron chi connectivity index (χ3n) is 5.67. The molecule has 6 heteroatoms. The molecule has 0 saturated carbocycles. The van der Waals surface area contributed by atoms with E-state index in [-0.39, 0.29) is 18.1 Å². The Hall–Kier alpha value is -3.12. The average Bonchev–Trinajstić information content (AvgIpc) is 3.25. The summed E-state index contributed by atoms with van der Waals surface area (Å²) >= 11 is 0. The number of amides is 1. The Balaban J connectivity index is 1.47. The van der Waals surface area contributed by atoms with Crippen LogP contribution in [-0.2, 0) is 17.6 Å². The van der Waals surface area contributed by atoms with Gasteiger partial charge in [0.1, 0.15) is 11.3 Å². The first kappa shape index (κ1) is 20.2. The van der Waals surface area contributed by atoms with Crippen molar-refractivity contribution in [1.82, 2.24) is 5.32 Å². The fourth-order valence-corrected chi connectivity index (χ4v) is 3.97. The summed E-state index contributed by atoms with van der Waals surface area (Å²) in [7, 11) is 0. The van der Waals surface area contributed by atoms with E-state index in [0.717, 1.165) is 41.3 Å². The maximum Gasteiger partial charge on any atom is 0.339 e. The molecule has 3 aromatic rings. The first-order chi connectivity index (χ1) is 14.5. The van der Waals surface area contributed by atoms with E-state index in [1.54, 1.807) is 19.1 Å². The van der Waals surface area contributed by atoms with Crippen LogP contribution in [0, 0.1) is 6.92 Å². The molecule has 6 nitrogen and oxygen atoms in total. The second-order valence-corrected chi connectivity index (χ2v) is 7.70. The predicted molar refractivity (Wildman–Crippen MR) is 114 cm³/mol. The van der Waals surface area contributed by atoms with Crippen LogP contribution in [-0.4, -0.2) is 23.7 Å². The third-order valence-corrected chi connectivity index (χ3v) is 5.67. The number of hydrogen-bond donors (Lipinski definition) is 2. The zero-order valence-electron chi connectivity index (χ0n) is 17.1. The Morgan fingerprint density at radius 3 is 2.67 bits per heavy atom. The molecule has 1 aromatic heterocycles. The molecule has 0 bridgehead atoms. The van der Waals surface area contributed by atoms with Crippen molar-refractivity contribution in [2.75, 3.05) is 6.54 Å². The number of rotatable bonds is 6. The molecular formula is C24H25NO5. The Kier molecular flexibility index (Phi) is 5.59. The summed E-state index contributed by atoms with van der Waals surface area (Å²) in [5.74, 6) is 0.162. The van der Waals surface area contributed by atoms with Crippen LogP contribution < -0.4 is 15.7 Å². The number of nitrogens with one attached hydrogen (secondary N) is 1. The van der Waals surface area contributed by atoms with E-state index in [9.17, 15) is 14.7 Å². The Bertz CT molecular complexity index is 1140. The van der Waals surface area contributed by atoms with Crippen molar-refractivity contribution in [3.8, 4) is 5.75 Å². The minimum absolute atomic E-state index is 0.0915. The summed E-state index contributed by atoms with van der Waals surface area (Å²) in [6.45, 7) is 3.56. The summed E-state index contributed by atoms with van der Waals surface area (Å²) in [4.78, 5) is 24.7. The first-order valence-corrected chi connectivity index (χ1v) is 10.2. The lowest BCUT2D eigenvalue weighted by atomic mass is 10.0. The molecule has 0 spiro atoms. The number of fused-ring (bicyclic) bond motifs is 3. The monoisotopic (exact) mass is 407 g/mol. The van der Waals surface area contributed by atoms with Crippen molar-refractivity contribution < 1.29 is 19.1 Å². The lowest BCUT2D eigenvalue weighted by molar-refractivity contribution is -0.127. The molecule has 1 heterocycles. The second-order valence-electron chi connectivity index (χ2n) is 7.70. The largest absolute Gasteiger partial charge is 0.480 e. The topological polar surface area (TPSA) is 88.8 Å². The lowest BCUT2D eigenvalue weighted by Gasteiger charge is -2.18. The zero-order chi connectivity index (χ0) is 21.3. The molecule has 0 saturated heterocycles. The van der Waals surface area contributed by atoms with Crippen molar-refractivity contribution in [3.05, 3.63) is 75.1 Å². The van der Waals surface area contributed by atoms with Gasteiger partial charge in [-0.25, -0.2) is 4.79 Å². The molecule has 2 N–H and O–H groups in total. The number of aliphatic hydroxyl groups is 1. The maximum atomic E-state index is 12.4. The predicted octanol–water partition coefficient (Wildman–Crippen LogP) is 3.21. The van der Waals surface area contributed by atoms with Gasteiger partial charge in [-0.2, -0.15) is 0 Å². The molecule has 30 heavy (non-hydrogen) atoms. The molecule has 0 unspecified atom stereocenters. The summed E-state index contributed by atoms with van der Waals surface area (Å²) < 4.78 is 11.4. The highest BCUT2D eigenvalue weighted by Gasteiger charge is 2.23. The highest BCUT2D eigenvalue weighted by molar-refractivity contribution is 5.86. The van der Waals surface area contributed by atoms with E-state index < -0.39 is 12.2 Å². The Morgan fingerprint density at radius 1 is 1.17 bits per heavy atom. The van der Waals surface area contributed by atoms with Gasteiger partial charge in [0.15, 0.2) is 6.10 Å². The molecule has 2 atom stereocenters. The summed E-state index contributed by atoms with van der Waals surface area (Å²) in [6, 6.07) is 12.9. The standard InChI is InChI=1S/C24H25NO5/c1-14-21(12-11-18-17-9-6-10-19(17)24(28)30-22(14)18)29-15(2)23(27)25-13-20(26)16-7-4-3-5-8-16/h3-5,7-8,11-12,15,20,26H,6,9-10,13H2,1-2H3,(H,25,27)/t15-,20-/m1/s1. The van der Waals surface area contributed by atoms with Gasteiger partial charge >= 0.3 is 5.63 Å². The van der Waals surface area contributed by atoms with Crippen LogP contribution >= 0.6 is 0 Å². The Morgan fingerprint density at radius 2 is 1.90 bits per heavy atom. The van der Waals surface area contributed by atoms with Gasteiger partial charge in [0.25, 0.3) is 5.91 Å². The number of hydrogen-bond acceptors (Lipinski definition) is 5. The van der Waals surface area contributed by atoms with E-state index in [4.69, 9.17) is 9.15 Å². The van der Waals surface area contributed by atoms with E-state index in [1.165, 1.54) is 0 Å². The molecule has 0 fully saturated rings. The normalized spacial score (nSPS) is 14.9. The highest BCUT2D eigenvalue weighted by atomic mass is 16.5. The SMILES string of the molecule is Cc1c(O[C@H](C)C(=O)NC[C@@H](O)c2ccccc2)ccc2c3c(c(=O)oc12)CCC3. The molecule has 156 valence electrons. The average molecular weight is 407 g/mol. The fraction of sp³-hybridized carbons (Fsp3) is 0.333. The van der Waals surface area contributed by atoms with Gasteiger partial charge < -0.3 is 19.6 Å². The van der Waals surface area contributed by atoms with Crippen LogP contribution in [0.1, 0.15) is 41.7 Å². The van der Waals surface area contributed by atoms with Crippen LogP contribution in [0.3, 0.4) is 0 Å². The van der Waals surface area contributed by atoms with E-state index >= 15 is 0 Å². The van der Waals surface area contributed by atoms with Crippen LogP contribution in [0.4, 0.5) is 0 Å². The van der Waals surface area contributed by atoms with Gasteiger partial charge in [0.2, 0.25) is 0 Å². The van der Waals surface area contributed by atoms with Crippen molar-refractivity contribution in [3.63, 3.8) is 0 Å². The molecule has 0 radical (unpaired) electrons. The summed E-state index contributed by atoms with van der Waals surface area (Å²) in [5, 5.41) is 13.9. The van der Waals surface area contributed by atoms with Crippen molar-refractivity contribution in [2.45, 2.75) is 45.3 Å². The maximum absolute atomic E-state index is 12.4. The third kappa shape index (κ3) is 3.83. The Labute approximate surface area is 174 Å². The van der Waals surface area contributed by atoms with E-state index in [0.29, 0.717) is 16.9 Å². The minimum atomic E-state index is -0.791. The number of carbonyl (C=O) groups excluding carboxylic acids is 1. The molecule has 1 amide bonds. The van der Waals surface area contributed by atoms with Crippen LogP contribution in [0.15, 0.2) is 51.7 Å². The minimum Gasteiger partial charge on any atom is -0.480 e. The number of aliphatic hydroxyl groups excluding tert-OH is 1. The lowest BCUT2D eigenvalue weighted by Crippen LogP contribution is -2.38. The number of benzene rings is 2. The molecule has 1 aliphatic carbocycles. The summed E-state index contributed by atoms with van der Waals surface area (Å²) in [5.41, 5.74) is 3.51. The van der Waals surface area contributed by atoms with Crippen LogP contribution in [0.5, 0.6) is 5.75 Å². The van der Waals surface area contributed by atoms with Gasteiger partial charge in [0.05, 0.1) is 6.10 Å². The van der Waals surface area contributed by atoms with Crippen molar-refractivity contribution >= 4 is 16.9 Å². The van der Waals surface area contributed by atoms with E-state index in [2.05, 4.69) is 5.32 Å². The second kappa shape index (κ2) is 8.32. The van der Waals surface area contributed by atoms with Gasteiger partial charge in [-0.3, -0.25) is 4.79 Å². The van der Waals surface area contributed by atoms with Gasteiger partial charge in [-0.1, -0.05) is 30.3 Å². The van der Waals surface area contributed by atoms with Gasteiger partial charge in [0, 0.05) is 23.1 Å². The first-order valence-electron chi connectivity index (χ1n) is 10.2. The fourth-order valence-electron chi connectivity index (χ4n) is 3.97. The van der Waals surface area contributed by atoms with E-state index in [1.807, 2.05) is 37.3 Å². The van der Waals surface area contributed by atoms with Gasteiger partial charge in [-0.15, -0.1) is 0 Å². The molecular weight excluding hydrogens is 382 g/mol. The summed E-state index contributed by atoms with van der Waals surface area (Å²) in [6.07, 6.45) is 1.03. The number of carbonyl (C=O) groups is 1. The smallest absolute Gasteiger partial charge is 0.339 e. The van der Waals surface area contributed by atoms with Gasteiger partial charge in [-0.05, 0) is 56.4 Å². The van der Waals surface area contributed by atoms with Crippen molar-refractivity contribution in [2.24, 2.45) is 0 Å². The zero-order valence-corrected chi connectivity index (χ0v) is 17.1. The number of ether oxygens (including phenoxy) is 1. The van der Waals surface area contributed by atoms with Crippen LogP contribution in [0.2, 0.25) is 0 Å². The molecule has 2 aromatic carbocycles. The van der Waals surface area contributed by atoms with Crippen molar-refractivity contribution in [1.29, 1.82) is 0 Å². The quantitative estimate of drug-likeness (QED) is 0.613. The molecule has 1 aliphatic rings. The molecule has 4 rings (SSSR count). The highest BCUT2D eigenvalue weighted by Crippen LogP contribution is 2.33.